The maximum atomic E-state index is 12.7. The van der Waals surface area contributed by atoms with Crippen molar-refractivity contribution in [1.29, 1.82) is 0 Å². The molecule has 2 heterocycles. The van der Waals surface area contributed by atoms with Crippen LogP contribution in [-0.4, -0.2) is 34.5 Å². The summed E-state index contributed by atoms with van der Waals surface area (Å²) in [5.41, 5.74) is 5.63. The van der Waals surface area contributed by atoms with E-state index >= 15 is 0 Å². The van der Waals surface area contributed by atoms with Crippen LogP contribution in [0.4, 0.5) is 11.6 Å². The van der Waals surface area contributed by atoms with E-state index in [1.165, 1.54) is 11.1 Å². The van der Waals surface area contributed by atoms with Gasteiger partial charge in [0.25, 0.3) is 5.91 Å². The summed E-state index contributed by atoms with van der Waals surface area (Å²) in [6, 6.07) is 9.73. The number of amides is 1. The molecule has 0 radical (unpaired) electrons. The van der Waals surface area contributed by atoms with Crippen LogP contribution in [0, 0.1) is 20.8 Å². The first-order valence-corrected chi connectivity index (χ1v) is 9.26. The SMILES string of the molecule is Cc1cc(C)c(NC(=O)c2ccnc(N(C)CCc3ccncc3)n2)c(C)c1. The molecule has 6 nitrogen and oxygen atoms in total. The van der Waals surface area contributed by atoms with Crippen molar-refractivity contribution in [2.24, 2.45) is 0 Å². The van der Waals surface area contributed by atoms with Crippen molar-refractivity contribution in [3.8, 4) is 0 Å². The van der Waals surface area contributed by atoms with E-state index in [0.29, 0.717) is 11.6 Å². The molecule has 3 rings (SSSR count). The second-order valence-electron chi connectivity index (χ2n) is 7.00. The van der Waals surface area contributed by atoms with Gasteiger partial charge in [-0.25, -0.2) is 9.97 Å². The lowest BCUT2D eigenvalue weighted by Gasteiger charge is -2.17. The Morgan fingerprint density at radius 3 is 2.39 bits per heavy atom. The van der Waals surface area contributed by atoms with Crippen LogP contribution in [0.2, 0.25) is 0 Å². The Bertz CT molecular complexity index is 949. The topological polar surface area (TPSA) is 71.0 Å². The molecular weight excluding hydrogens is 350 g/mol. The largest absolute Gasteiger partial charge is 0.344 e. The van der Waals surface area contributed by atoms with Gasteiger partial charge in [0.05, 0.1) is 0 Å². The smallest absolute Gasteiger partial charge is 0.274 e. The first kappa shape index (κ1) is 19.5. The van der Waals surface area contributed by atoms with Crippen molar-refractivity contribution in [1.82, 2.24) is 15.0 Å². The quantitative estimate of drug-likeness (QED) is 0.711. The lowest BCUT2D eigenvalue weighted by molar-refractivity contribution is 0.102. The molecule has 6 heteroatoms. The summed E-state index contributed by atoms with van der Waals surface area (Å²) in [6.45, 7) is 6.77. The number of anilines is 2. The summed E-state index contributed by atoms with van der Waals surface area (Å²) in [7, 11) is 1.92. The van der Waals surface area contributed by atoms with Gasteiger partial charge in [-0.3, -0.25) is 9.78 Å². The maximum absolute atomic E-state index is 12.7. The second-order valence-corrected chi connectivity index (χ2v) is 7.00. The van der Waals surface area contributed by atoms with E-state index in [4.69, 9.17) is 0 Å². The number of rotatable bonds is 6. The minimum absolute atomic E-state index is 0.235. The van der Waals surface area contributed by atoms with Crippen LogP contribution in [0.15, 0.2) is 48.9 Å². The highest BCUT2D eigenvalue weighted by Gasteiger charge is 2.14. The van der Waals surface area contributed by atoms with Crippen LogP contribution >= 0.6 is 0 Å². The average molecular weight is 375 g/mol. The molecule has 0 atom stereocenters. The Morgan fingerprint density at radius 1 is 1.04 bits per heavy atom. The molecule has 1 aromatic carbocycles. The van der Waals surface area contributed by atoms with E-state index in [2.05, 4.69) is 32.4 Å². The Kier molecular flexibility index (Phi) is 5.99. The number of nitrogens with one attached hydrogen (secondary N) is 1. The predicted octanol–water partition coefficient (Wildman–Crippen LogP) is 3.73. The van der Waals surface area contributed by atoms with Gasteiger partial charge in [-0.15, -0.1) is 0 Å². The van der Waals surface area contributed by atoms with Gasteiger partial charge in [0.1, 0.15) is 5.69 Å². The van der Waals surface area contributed by atoms with Crippen molar-refractivity contribution in [2.45, 2.75) is 27.2 Å². The number of carbonyl (C=O) groups excluding carboxylic acids is 1. The lowest BCUT2D eigenvalue weighted by atomic mass is 10.1. The highest BCUT2D eigenvalue weighted by Crippen LogP contribution is 2.22. The van der Waals surface area contributed by atoms with Crippen LogP contribution < -0.4 is 10.2 Å². The maximum Gasteiger partial charge on any atom is 0.274 e. The molecule has 0 aliphatic rings. The van der Waals surface area contributed by atoms with Crippen LogP contribution in [0.5, 0.6) is 0 Å². The van der Waals surface area contributed by atoms with Gasteiger partial charge in [-0.05, 0) is 62.1 Å². The van der Waals surface area contributed by atoms with E-state index in [0.717, 1.165) is 29.8 Å². The Morgan fingerprint density at radius 2 is 1.71 bits per heavy atom. The van der Waals surface area contributed by atoms with Gasteiger partial charge in [-0.1, -0.05) is 17.7 Å². The van der Waals surface area contributed by atoms with Gasteiger partial charge in [0.15, 0.2) is 0 Å². The fraction of sp³-hybridized carbons (Fsp3) is 0.273. The third kappa shape index (κ3) is 4.71. The zero-order chi connectivity index (χ0) is 20.1. The normalized spacial score (nSPS) is 10.6. The molecule has 144 valence electrons. The van der Waals surface area contributed by atoms with Crippen molar-refractivity contribution in [3.63, 3.8) is 0 Å². The van der Waals surface area contributed by atoms with Crippen LogP contribution in [-0.2, 0) is 6.42 Å². The fourth-order valence-corrected chi connectivity index (χ4v) is 3.16. The van der Waals surface area contributed by atoms with Gasteiger partial charge in [-0.2, -0.15) is 0 Å². The number of pyridine rings is 1. The second kappa shape index (κ2) is 8.61. The minimum atomic E-state index is -0.235. The van der Waals surface area contributed by atoms with Crippen LogP contribution in [0.1, 0.15) is 32.7 Å². The monoisotopic (exact) mass is 375 g/mol. The summed E-state index contributed by atoms with van der Waals surface area (Å²) in [6.07, 6.45) is 6.04. The highest BCUT2D eigenvalue weighted by molar-refractivity contribution is 6.03. The minimum Gasteiger partial charge on any atom is -0.344 e. The van der Waals surface area contributed by atoms with Gasteiger partial charge >= 0.3 is 0 Å². The Labute approximate surface area is 165 Å². The van der Waals surface area contributed by atoms with Crippen molar-refractivity contribution in [3.05, 3.63) is 76.9 Å². The average Bonchev–Trinajstić information content (AvgIpc) is 2.69. The molecule has 3 aromatic rings. The molecule has 0 aliphatic carbocycles. The molecule has 0 aliphatic heterocycles. The molecule has 0 fully saturated rings. The standard InChI is InChI=1S/C22H25N5O/c1-15-13-16(2)20(17(3)14-15)26-21(28)19-7-11-24-22(25-19)27(4)12-8-18-5-9-23-10-6-18/h5-7,9-11,13-14H,8,12H2,1-4H3,(H,26,28). The molecule has 2 aromatic heterocycles. The predicted molar refractivity (Wildman–Crippen MR) is 112 cm³/mol. The number of hydrogen-bond donors (Lipinski definition) is 1. The van der Waals surface area contributed by atoms with Crippen molar-refractivity contribution >= 4 is 17.5 Å². The molecule has 1 N–H and O–H groups in total. The summed E-state index contributed by atoms with van der Waals surface area (Å²) < 4.78 is 0. The number of aryl methyl sites for hydroxylation is 3. The lowest BCUT2D eigenvalue weighted by Crippen LogP contribution is -2.24. The highest BCUT2D eigenvalue weighted by atomic mass is 16.1. The molecule has 0 spiro atoms. The van der Waals surface area contributed by atoms with Crippen LogP contribution in [0.3, 0.4) is 0 Å². The van der Waals surface area contributed by atoms with E-state index in [1.807, 2.05) is 44.9 Å². The molecule has 0 saturated carbocycles. The summed E-state index contributed by atoms with van der Waals surface area (Å²) in [4.78, 5) is 27.5. The summed E-state index contributed by atoms with van der Waals surface area (Å²) in [5, 5.41) is 2.99. The molecular formula is C22H25N5O. The van der Waals surface area contributed by atoms with Crippen LogP contribution in [0.25, 0.3) is 0 Å². The first-order valence-electron chi connectivity index (χ1n) is 9.26. The number of nitrogens with zero attached hydrogens (tertiary/aromatic N) is 4. The van der Waals surface area contributed by atoms with E-state index < -0.39 is 0 Å². The number of hydrogen-bond acceptors (Lipinski definition) is 5. The first-order chi connectivity index (χ1) is 13.4. The molecule has 0 saturated heterocycles. The number of benzene rings is 1. The Balaban J connectivity index is 1.71. The van der Waals surface area contributed by atoms with Crippen molar-refractivity contribution in [2.75, 3.05) is 23.8 Å². The number of likely N-dealkylation sites (N-methyl/N-ethyl adjacent to an activating group) is 1. The summed E-state index contributed by atoms with van der Waals surface area (Å²) >= 11 is 0. The van der Waals surface area contributed by atoms with E-state index in [-0.39, 0.29) is 5.91 Å². The molecule has 0 bridgehead atoms. The molecule has 0 unspecified atom stereocenters. The van der Waals surface area contributed by atoms with E-state index in [1.54, 1.807) is 24.7 Å². The van der Waals surface area contributed by atoms with Gasteiger partial charge in [0, 0.05) is 37.9 Å². The van der Waals surface area contributed by atoms with Gasteiger partial charge in [0.2, 0.25) is 5.95 Å². The van der Waals surface area contributed by atoms with Crippen molar-refractivity contribution < 1.29 is 4.79 Å². The third-order valence-corrected chi connectivity index (χ3v) is 4.62. The molecule has 1 amide bonds. The number of aromatic nitrogens is 3. The third-order valence-electron chi connectivity index (χ3n) is 4.62. The fourth-order valence-electron chi connectivity index (χ4n) is 3.16. The van der Waals surface area contributed by atoms with Gasteiger partial charge < -0.3 is 10.2 Å². The van der Waals surface area contributed by atoms with E-state index in [9.17, 15) is 4.79 Å². The molecule has 28 heavy (non-hydrogen) atoms. The number of carbonyl (C=O) groups is 1. The zero-order valence-corrected chi connectivity index (χ0v) is 16.7. The summed E-state index contributed by atoms with van der Waals surface area (Å²) in [5.74, 6) is 0.292. The Hall–Kier alpha value is -3.28. The zero-order valence-electron chi connectivity index (χ0n) is 16.7.